The van der Waals surface area contributed by atoms with Gasteiger partial charge in [-0.05, 0) is 6.85 Å². The lowest BCUT2D eigenvalue weighted by Crippen LogP contribution is -2.13. The molecule has 0 radical (unpaired) electrons. The Hall–Kier alpha value is -0.860. The number of carbonyl (C=O) groups is 1. The first kappa shape index (κ1) is 6.63. The minimum atomic E-state index is -2.12. The second kappa shape index (κ2) is 4.91. The summed E-state index contributed by atoms with van der Waals surface area (Å²) in [6, 6.07) is 5.82. The summed E-state index contributed by atoms with van der Waals surface area (Å²) in [5, 5.41) is 0. The van der Waals surface area contributed by atoms with Crippen molar-refractivity contribution in [1.29, 1.82) is 0 Å². The molecule has 0 spiro atoms. The first-order valence-electron chi connectivity index (χ1n) is 4.79. The molecule has 0 bridgehead atoms. The summed E-state index contributed by atoms with van der Waals surface area (Å²) in [5.74, 6) is -0.193. The molecule has 0 aromatic heterocycles. The highest BCUT2D eigenvalue weighted by Crippen LogP contribution is 2.02. The third-order valence-corrected chi connectivity index (χ3v) is 1.39. The van der Waals surface area contributed by atoms with E-state index in [9.17, 15) is 4.79 Å². The van der Waals surface area contributed by atoms with Crippen LogP contribution in [0.25, 0.3) is 0 Å². The summed E-state index contributed by atoms with van der Waals surface area (Å²) in [6.45, 7) is -2.18. The molecule has 1 aromatic carbocycles. The van der Waals surface area contributed by atoms with Gasteiger partial charge < -0.3 is 5.73 Å². The van der Waals surface area contributed by atoms with Gasteiger partial charge in [0.2, 0.25) is 0 Å². The maximum atomic E-state index is 11.1. The third kappa shape index (κ3) is 2.64. The third-order valence-electron chi connectivity index (χ3n) is 1.39. The van der Waals surface area contributed by atoms with E-state index in [2.05, 4.69) is 0 Å². The number of halogens is 1. The van der Waals surface area contributed by atoms with Gasteiger partial charge in [-0.3, -0.25) is 4.79 Å². The van der Waals surface area contributed by atoms with Crippen molar-refractivity contribution >= 4 is 18.2 Å². The average Bonchev–Trinajstić information content (AvgIpc) is 2.15. The number of rotatable bonds is 2. The standard InChI is InChI=1S/C9H11NO.ClH/c1-7-2-4-8(5-3-7)9(11)6-10;/h2-5H,6,10H2,1H3;1H/i1D3;. The van der Waals surface area contributed by atoms with Crippen LogP contribution >= 0.6 is 12.4 Å². The predicted octanol–water partition coefficient (Wildman–Crippen LogP) is 1.56. The van der Waals surface area contributed by atoms with Gasteiger partial charge in [0.15, 0.2) is 5.78 Å². The van der Waals surface area contributed by atoms with Crippen molar-refractivity contribution in [1.82, 2.24) is 0 Å². The van der Waals surface area contributed by atoms with E-state index >= 15 is 0 Å². The Kier molecular flexibility index (Phi) is 2.71. The van der Waals surface area contributed by atoms with Crippen LogP contribution in [-0.2, 0) is 0 Å². The van der Waals surface area contributed by atoms with E-state index in [1.807, 2.05) is 0 Å². The predicted molar refractivity (Wildman–Crippen MR) is 51.8 cm³/mol. The molecular formula is C9H12ClNO. The molecule has 0 unspecified atom stereocenters. The summed E-state index contributed by atoms with van der Waals surface area (Å²) in [6.07, 6.45) is 0. The Morgan fingerprint density at radius 2 is 2.08 bits per heavy atom. The smallest absolute Gasteiger partial charge is 0.176 e. The number of aryl methyl sites for hydroxylation is 1. The van der Waals surface area contributed by atoms with Gasteiger partial charge in [-0.1, -0.05) is 29.8 Å². The van der Waals surface area contributed by atoms with Crippen molar-refractivity contribution in [2.24, 2.45) is 5.73 Å². The number of hydrogen-bond donors (Lipinski definition) is 1. The van der Waals surface area contributed by atoms with Crippen molar-refractivity contribution < 1.29 is 8.91 Å². The molecule has 66 valence electrons. The molecular weight excluding hydrogens is 174 g/mol. The SMILES string of the molecule is Cl.[2H]C([2H])([2H])c1ccc(C(=O)CN)cc1. The molecule has 0 heterocycles. The molecule has 0 aliphatic carbocycles. The lowest BCUT2D eigenvalue weighted by Gasteiger charge is -1.96. The maximum absolute atomic E-state index is 11.1. The first-order valence-corrected chi connectivity index (χ1v) is 3.29. The largest absolute Gasteiger partial charge is 0.324 e. The van der Waals surface area contributed by atoms with Crippen molar-refractivity contribution in [2.75, 3.05) is 6.54 Å². The van der Waals surface area contributed by atoms with Crippen LogP contribution in [0.15, 0.2) is 24.3 Å². The van der Waals surface area contributed by atoms with E-state index in [1.54, 1.807) is 0 Å². The molecule has 0 saturated carbocycles. The molecule has 1 rings (SSSR count). The van der Waals surface area contributed by atoms with Gasteiger partial charge in [-0.15, -0.1) is 12.4 Å². The fourth-order valence-corrected chi connectivity index (χ4v) is 0.774. The summed E-state index contributed by atoms with van der Waals surface area (Å²) in [4.78, 5) is 11.1. The van der Waals surface area contributed by atoms with Crippen LogP contribution < -0.4 is 5.73 Å². The van der Waals surface area contributed by atoms with Gasteiger partial charge in [0.25, 0.3) is 0 Å². The zero-order chi connectivity index (χ0) is 10.8. The quantitative estimate of drug-likeness (QED) is 0.716. The van der Waals surface area contributed by atoms with E-state index in [0.717, 1.165) is 0 Å². The van der Waals surface area contributed by atoms with Crippen LogP contribution in [0.5, 0.6) is 0 Å². The van der Waals surface area contributed by atoms with Gasteiger partial charge in [-0.25, -0.2) is 0 Å². The van der Waals surface area contributed by atoms with Crippen LogP contribution in [0.3, 0.4) is 0 Å². The Labute approximate surface area is 82.4 Å². The Bertz CT molecular complexity index is 334. The molecule has 0 amide bonds. The maximum Gasteiger partial charge on any atom is 0.176 e. The van der Waals surface area contributed by atoms with E-state index < -0.39 is 6.85 Å². The number of benzene rings is 1. The first-order chi connectivity index (χ1) is 6.45. The summed E-state index contributed by atoms with van der Waals surface area (Å²) >= 11 is 0. The highest BCUT2D eigenvalue weighted by molar-refractivity contribution is 5.97. The van der Waals surface area contributed by atoms with Gasteiger partial charge >= 0.3 is 0 Å². The molecule has 3 heteroatoms. The van der Waals surface area contributed by atoms with Crippen LogP contribution in [-0.4, -0.2) is 12.3 Å². The lowest BCUT2D eigenvalue weighted by atomic mass is 10.1. The fourth-order valence-electron chi connectivity index (χ4n) is 0.774. The Morgan fingerprint density at radius 3 is 2.50 bits per heavy atom. The molecule has 2 nitrogen and oxygen atoms in total. The lowest BCUT2D eigenvalue weighted by molar-refractivity contribution is 0.100. The topological polar surface area (TPSA) is 43.1 Å². The van der Waals surface area contributed by atoms with Crippen molar-refractivity contribution in [2.45, 2.75) is 6.85 Å². The molecule has 0 aliphatic rings. The second-order valence-electron chi connectivity index (χ2n) is 2.20. The van der Waals surface area contributed by atoms with Crippen LogP contribution in [0, 0.1) is 6.85 Å². The van der Waals surface area contributed by atoms with Crippen molar-refractivity contribution in [3.63, 3.8) is 0 Å². The molecule has 2 N–H and O–H groups in total. The monoisotopic (exact) mass is 188 g/mol. The van der Waals surface area contributed by atoms with Crippen LogP contribution in [0.2, 0.25) is 0 Å². The van der Waals surface area contributed by atoms with E-state index in [1.165, 1.54) is 24.3 Å². The summed E-state index contributed by atoms with van der Waals surface area (Å²) in [7, 11) is 0. The van der Waals surface area contributed by atoms with Crippen LogP contribution in [0.4, 0.5) is 0 Å². The van der Waals surface area contributed by atoms with Gasteiger partial charge in [-0.2, -0.15) is 0 Å². The van der Waals surface area contributed by atoms with Gasteiger partial charge in [0.05, 0.1) is 6.54 Å². The fraction of sp³-hybridized carbons (Fsp3) is 0.222. The van der Waals surface area contributed by atoms with Crippen LogP contribution in [0.1, 0.15) is 20.0 Å². The van der Waals surface area contributed by atoms with Crippen molar-refractivity contribution in [3.8, 4) is 0 Å². The number of Topliss-reactive ketones (excluding diaryl/α,β-unsaturated/α-hetero) is 1. The van der Waals surface area contributed by atoms with E-state index in [-0.39, 0.29) is 30.3 Å². The second-order valence-corrected chi connectivity index (χ2v) is 2.20. The normalized spacial score (nSPS) is 13.6. The number of hydrogen-bond acceptors (Lipinski definition) is 2. The van der Waals surface area contributed by atoms with E-state index in [4.69, 9.17) is 9.85 Å². The Morgan fingerprint density at radius 1 is 1.50 bits per heavy atom. The highest BCUT2D eigenvalue weighted by atomic mass is 35.5. The van der Waals surface area contributed by atoms with Crippen molar-refractivity contribution in [3.05, 3.63) is 35.4 Å². The zero-order valence-corrected chi connectivity index (χ0v) is 7.23. The van der Waals surface area contributed by atoms with Gasteiger partial charge in [0.1, 0.15) is 0 Å². The molecule has 12 heavy (non-hydrogen) atoms. The summed E-state index contributed by atoms with van der Waals surface area (Å²) in [5.41, 5.74) is 5.84. The van der Waals surface area contributed by atoms with Gasteiger partial charge in [0, 0.05) is 9.68 Å². The Balaban J connectivity index is 0.00000196. The minimum Gasteiger partial charge on any atom is -0.324 e. The molecule has 0 aliphatic heterocycles. The number of carbonyl (C=O) groups excluding carboxylic acids is 1. The molecule has 0 saturated heterocycles. The number of ketones is 1. The molecule has 0 atom stereocenters. The average molecular weight is 189 g/mol. The summed E-state index contributed by atoms with van der Waals surface area (Å²) < 4.78 is 21.4. The minimum absolute atomic E-state index is 0. The molecule has 0 fully saturated rings. The highest BCUT2D eigenvalue weighted by Gasteiger charge is 2.00. The zero-order valence-electron chi connectivity index (χ0n) is 9.41. The van der Waals surface area contributed by atoms with E-state index in [0.29, 0.717) is 5.56 Å². The molecule has 1 aromatic rings. The number of nitrogens with two attached hydrogens (primary N) is 1.